The number of fused-ring (bicyclic) bond motifs is 1. The summed E-state index contributed by atoms with van der Waals surface area (Å²) in [6, 6.07) is 13.3. The van der Waals surface area contributed by atoms with E-state index < -0.39 is 11.6 Å². The van der Waals surface area contributed by atoms with Crippen LogP contribution >= 0.6 is 0 Å². The van der Waals surface area contributed by atoms with Gasteiger partial charge in [-0.25, -0.2) is 18.3 Å². The number of hydrogen-bond donors (Lipinski definition) is 1. The van der Waals surface area contributed by atoms with Crippen molar-refractivity contribution in [2.75, 3.05) is 0 Å². The van der Waals surface area contributed by atoms with Gasteiger partial charge < -0.3 is 0 Å². The minimum atomic E-state index is -0.738. The Hall–Kier alpha value is -2.79. The first kappa shape index (κ1) is 20.0. The number of H-pyrrole nitrogens is 1. The van der Waals surface area contributed by atoms with Crippen LogP contribution in [0.5, 0.6) is 0 Å². The van der Waals surface area contributed by atoms with Gasteiger partial charge in [-0.1, -0.05) is 12.1 Å². The van der Waals surface area contributed by atoms with Crippen LogP contribution in [0.2, 0.25) is 0 Å². The normalized spacial score (nSPS) is 10.5. The Morgan fingerprint density at radius 2 is 1.82 bits per heavy atom. The molecule has 0 spiro atoms. The average Bonchev–Trinajstić information content (AvgIpc) is 2.98. The van der Waals surface area contributed by atoms with Gasteiger partial charge in [0.2, 0.25) is 0 Å². The summed E-state index contributed by atoms with van der Waals surface area (Å²) in [6.07, 6.45) is 0. The van der Waals surface area contributed by atoms with Gasteiger partial charge in [-0.3, -0.25) is 9.89 Å². The van der Waals surface area contributed by atoms with Crippen LogP contribution in [-0.2, 0) is 0 Å². The summed E-state index contributed by atoms with van der Waals surface area (Å²) >= 11 is 0. The van der Waals surface area contributed by atoms with Crippen molar-refractivity contribution >= 4 is 35.2 Å². The summed E-state index contributed by atoms with van der Waals surface area (Å²) in [6.45, 7) is 1.69. The molecule has 2 heterocycles. The topological polar surface area (TPSA) is 73.9 Å². The van der Waals surface area contributed by atoms with Crippen LogP contribution in [0.25, 0.3) is 28.0 Å². The molecule has 2 aromatic heterocycles. The number of rotatable bonds is 2. The van der Waals surface area contributed by atoms with Crippen LogP contribution in [0.4, 0.5) is 8.78 Å². The van der Waals surface area contributed by atoms with Gasteiger partial charge in [-0.15, -0.1) is 0 Å². The molecule has 0 saturated carbocycles. The quantitative estimate of drug-likeness (QED) is 0.537. The minimum Gasteiger partial charge on any atom is -0.293 e. The molecule has 0 unspecified atom stereocenters. The molecule has 0 aliphatic carbocycles. The molecule has 0 atom stereocenters. The van der Waals surface area contributed by atoms with Crippen LogP contribution in [0.3, 0.4) is 0 Å². The van der Waals surface area contributed by atoms with Crippen molar-refractivity contribution in [2.45, 2.75) is 6.92 Å². The van der Waals surface area contributed by atoms with Crippen molar-refractivity contribution in [1.29, 1.82) is 5.26 Å². The summed E-state index contributed by atoms with van der Waals surface area (Å²) in [5.74, 6) is -1.42. The molecule has 0 saturated heterocycles. The van der Waals surface area contributed by atoms with Crippen LogP contribution in [-0.4, -0.2) is 44.2 Å². The van der Waals surface area contributed by atoms with E-state index in [2.05, 4.69) is 10.1 Å². The minimum absolute atomic E-state index is 0. The first-order chi connectivity index (χ1) is 13.0. The standard InChI is InChI=1S/C20H12F2N4O.Na/c1-11-19(15-7-6-14(21)8-16(15)22)20-24-17(9-18(27)26(20)25-11)13-4-2-12(10-23)3-5-13;/h2-9,25H,1H3;. The fourth-order valence-electron chi connectivity index (χ4n) is 3.03. The zero-order chi connectivity index (χ0) is 19.1. The molecule has 4 aromatic rings. The number of benzene rings is 2. The van der Waals surface area contributed by atoms with Crippen LogP contribution in [0.15, 0.2) is 53.3 Å². The van der Waals surface area contributed by atoms with E-state index in [1.54, 1.807) is 31.2 Å². The molecule has 1 N–H and O–H groups in total. The molecule has 0 aliphatic rings. The van der Waals surface area contributed by atoms with Gasteiger partial charge >= 0.3 is 0 Å². The molecule has 2 aromatic carbocycles. The number of aryl methyl sites for hydroxylation is 1. The molecule has 0 aliphatic heterocycles. The molecule has 0 amide bonds. The maximum absolute atomic E-state index is 14.3. The third-order valence-electron chi connectivity index (χ3n) is 4.31. The smallest absolute Gasteiger partial charge is 0.273 e. The Bertz CT molecular complexity index is 1290. The second kappa shape index (κ2) is 7.68. The number of halogens is 2. The van der Waals surface area contributed by atoms with Crippen LogP contribution in [0, 0.1) is 29.9 Å². The van der Waals surface area contributed by atoms with Crippen molar-refractivity contribution in [3.8, 4) is 28.5 Å². The van der Waals surface area contributed by atoms with E-state index in [1.165, 1.54) is 16.6 Å². The Morgan fingerprint density at radius 1 is 1.11 bits per heavy atom. The predicted octanol–water partition coefficient (Wildman–Crippen LogP) is 3.43. The molecule has 133 valence electrons. The SMILES string of the molecule is Cc1[nH]n2c(=O)cc(-c3ccc(C#N)cc3)nc2c1-c1ccc(F)cc1F.[Na]. The molecule has 0 bridgehead atoms. The van der Waals surface area contributed by atoms with Crippen molar-refractivity contribution in [2.24, 2.45) is 0 Å². The predicted molar refractivity (Wildman–Crippen MR) is 102 cm³/mol. The summed E-state index contributed by atoms with van der Waals surface area (Å²) in [5.41, 5.74) is 2.48. The Balaban J connectivity index is 0.00000225. The van der Waals surface area contributed by atoms with Gasteiger partial charge in [0, 0.05) is 64.1 Å². The molecular formula is C20H12F2N4NaO. The van der Waals surface area contributed by atoms with E-state index in [0.29, 0.717) is 28.1 Å². The molecule has 0 fully saturated rings. The van der Waals surface area contributed by atoms with Gasteiger partial charge in [-0.2, -0.15) is 5.26 Å². The van der Waals surface area contributed by atoms with Crippen molar-refractivity contribution in [3.05, 3.63) is 81.8 Å². The van der Waals surface area contributed by atoms with Gasteiger partial charge in [-0.05, 0) is 31.2 Å². The Labute approximate surface area is 180 Å². The first-order valence-corrected chi connectivity index (χ1v) is 8.06. The number of hydrogen-bond acceptors (Lipinski definition) is 3. The van der Waals surface area contributed by atoms with E-state index in [9.17, 15) is 13.6 Å². The van der Waals surface area contributed by atoms with Crippen LogP contribution in [0.1, 0.15) is 11.3 Å². The summed E-state index contributed by atoms with van der Waals surface area (Å²) in [5, 5.41) is 11.8. The van der Waals surface area contributed by atoms with Crippen molar-refractivity contribution in [3.63, 3.8) is 0 Å². The van der Waals surface area contributed by atoms with E-state index in [1.807, 2.05) is 6.07 Å². The third kappa shape index (κ3) is 3.38. The number of nitrogens with one attached hydrogen (secondary N) is 1. The maximum Gasteiger partial charge on any atom is 0.273 e. The fourth-order valence-corrected chi connectivity index (χ4v) is 3.03. The Kier molecular flexibility index (Phi) is 5.47. The second-order valence-corrected chi connectivity index (χ2v) is 6.06. The largest absolute Gasteiger partial charge is 0.293 e. The summed E-state index contributed by atoms with van der Waals surface area (Å²) < 4.78 is 28.8. The zero-order valence-electron chi connectivity index (χ0n) is 15.1. The number of nitriles is 1. The van der Waals surface area contributed by atoms with Gasteiger partial charge in [0.05, 0.1) is 17.3 Å². The van der Waals surface area contributed by atoms with E-state index in [0.717, 1.165) is 12.1 Å². The fraction of sp³-hybridized carbons (Fsp3) is 0.0500. The molecule has 1 radical (unpaired) electrons. The van der Waals surface area contributed by atoms with E-state index in [4.69, 9.17) is 5.26 Å². The van der Waals surface area contributed by atoms with Gasteiger partial charge in [0.1, 0.15) is 11.6 Å². The summed E-state index contributed by atoms with van der Waals surface area (Å²) in [4.78, 5) is 17.0. The van der Waals surface area contributed by atoms with Crippen molar-refractivity contribution in [1.82, 2.24) is 14.6 Å². The van der Waals surface area contributed by atoms with Gasteiger partial charge in [0.15, 0.2) is 5.65 Å². The molecule has 4 rings (SSSR count). The number of aromatic amines is 1. The number of nitrogens with zero attached hydrogens (tertiary/aromatic N) is 3. The van der Waals surface area contributed by atoms with Gasteiger partial charge in [0.25, 0.3) is 5.56 Å². The van der Waals surface area contributed by atoms with Crippen LogP contribution < -0.4 is 5.56 Å². The third-order valence-corrected chi connectivity index (χ3v) is 4.31. The van der Waals surface area contributed by atoms with Crippen molar-refractivity contribution < 1.29 is 8.78 Å². The molecule has 28 heavy (non-hydrogen) atoms. The molecule has 8 heteroatoms. The average molecular weight is 385 g/mol. The Morgan fingerprint density at radius 3 is 2.46 bits per heavy atom. The molecular weight excluding hydrogens is 373 g/mol. The summed E-state index contributed by atoms with van der Waals surface area (Å²) in [7, 11) is 0. The molecule has 5 nitrogen and oxygen atoms in total. The first-order valence-electron chi connectivity index (χ1n) is 8.06. The zero-order valence-corrected chi connectivity index (χ0v) is 17.1. The monoisotopic (exact) mass is 385 g/mol. The second-order valence-electron chi connectivity index (χ2n) is 6.06. The number of aromatic nitrogens is 3. The maximum atomic E-state index is 14.3. The van der Waals surface area contributed by atoms with E-state index >= 15 is 0 Å². The van der Waals surface area contributed by atoms with E-state index in [-0.39, 0.29) is 46.3 Å².